The zero-order valence-electron chi connectivity index (χ0n) is 15.0. The van der Waals surface area contributed by atoms with Gasteiger partial charge in [0.25, 0.3) is 0 Å². The fourth-order valence-corrected chi connectivity index (χ4v) is 7.25. The monoisotopic (exact) mass is 318 g/mol. The SMILES string of the molecule is CC[C@@]1(O)CC[C@H]2[C@H](CC[C@@H]3[C@@H]2CC[C@]2(C)C(=O)CCC[C@@H]32)C1. The Morgan fingerprint density at radius 1 is 1.04 bits per heavy atom. The van der Waals surface area contributed by atoms with E-state index in [9.17, 15) is 9.90 Å². The van der Waals surface area contributed by atoms with E-state index in [-0.39, 0.29) is 11.0 Å². The van der Waals surface area contributed by atoms with Crippen LogP contribution in [0.15, 0.2) is 0 Å². The van der Waals surface area contributed by atoms with Gasteiger partial charge in [-0.15, -0.1) is 0 Å². The van der Waals surface area contributed by atoms with E-state index in [1.54, 1.807) is 0 Å². The predicted octanol–water partition coefficient (Wildman–Crippen LogP) is 4.74. The van der Waals surface area contributed by atoms with Gasteiger partial charge in [0.15, 0.2) is 0 Å². The molecule has 4 aliphatic carbocycles. The maximum absolute atomic E-state index is 12.6. The maximum Gasteiger partial charge on any atom is 0.139 e. The molecule has 0 bridgehead atoms. The van der Waals surface area contributed by atoms with Gasteiger partial charge in [0.05, 0.1) is 5.60 Å². The lowest BCUT2D eigenvalue weighted by Crippen LogP contribution is -2.54. The van der Waals surface area contributed by atoms with Gasteiger partial charge < -0.3 is 5.11 Å². The normalized spacial score (nSPS) is 53.2. The number of Topliss-reactive ketones (excluding diaryl/α,β-unsaturated/α-hetero) is 1. The van der Waals surface area contributed by atoms with E-state index >= 15 is 0 Å². The number of aliphatic hydroxyl groups is 1. The van der Waals surface area contributed by atoms with Gasteiger partial charge in [0.2, 0.25) is 0 Å². The average molecular weight is 319 g/mol. The van der Waals surface area contributed by atoms with E-state index in [2.05, 4.69) is 13.8 Å². The molecule has 0 unspecified atom stereocenters. The van der Waals surface area contributed by atoms with E-state index in [0.717, 1.165) is 62.2 Å². The Labute approximate surface area is 141 Å². The van der Waals surface area contributed by atoms with Gasteiger partial charge in [-0.1, -0.05) is 13.8 Å². The van der Waals surface area contributed by atoms with Gasteiger partial charge in [0, 0.05) is 11.8 Å². The molecule has 0 aromatic rings. The highest BCUT2D eigenvalue weighted by molar-refractivity contribution is 5.85. The Kier molecular flexibility index (Phi) is 3.91. The molecule has 4 fully saturated rings. The fourth-order valence-electron chi connectivity index (χ4n) is 7.25. The molecule has 130 valence electrons. The second-order valence-electron chi connectivity index (χ2n) is 9.53. The van der Waals surface area contributed by atoms with Crippen LogP contribution in [0.2, 0.25) is 0 Å². The summed E-state index contributed by atoms with van der Waals surface area (Å²) in [5.41, 5.74) is -0.372. The van der Waals surface area contributed by atoms with E-state index in [0.29, 0.717) is 11.7 Å². The Balaban J connectivity index is 1.55. The summed E-state index contributed by atoms with van der Waals surface area (Å²) in [5, 5.41) is 10.7. The molecular weight excluding hydrogens is 284 g/mol. The quantitative estimate of drug-likeness (QED) is 0.758. The van der Waals surface area contributed by atoms with Crippen LogP contribution in [-0.4, -0.2) is 16.5 Å². The van der Waals surface area contributed by atoms with Crippen molar-refractivity contribution >= 4 is 5.78 Å². The van der Waals surface area contributed by atoms with Crippen LogP contribution in [0.4, 0.5) is 0 Å². The number of rotatable bonds is 1. The Morgan fingerprint density at radius 2 is 1.83 bits per heavy atom. The highest BCUT2D eigenvalue weighted by Gasteiger charge is 2.56. The Morgan fingerprint density at radius 3 is 2.61 bits per heavy atom. The van der Waals surface area contributed by atoms with E-state index < -0.39 is 0 Å². The van der Waals surface area contributed by atoms with Crippen molar-refractivity contribution in [3.63, 3.8) is 0 Å². The minimum Gasteiger partial charge on any atom is -0.390 e. The van der Waals surface area contributed by atoms with Gasteiger partial charge >= 0.3 is 0 Å². The highest BCUT2D eigenvalue weighted by atomic mass is 16.3. The van der Waals surface area contributed by atoms with Gasteiger partial charge in [0.1, 0.15) is 5.78 Å². The lowest BCUT2D eigenvalue weighted by molar-refractivity contribution is -0.150. The van der Waals surface area contributed by atoms with Gasteiger partial charge in [-0.3, -0.25) is 4.79 Å². The van der Waals surface area contributed by atoms with Crippen molar-refractivity contribution in [2.24, 2.45) is 35.0 Å². The molecule has 7 atom stereocenters. The summed E-state index contributed by atoms with van der Waals surface area (Å²) in [6, 6.07) is 0. The van der Waals surface area contributed by atoms with Crippen LogP contribution in [0.1, 0.15) is 84.5 Å². The zero-order valence-corrected chi connectivity index (χ0v) is 15.0. The highest BCUT2D eigenvalue weighted by Crippen LogP contribution is 2.61. The van der Waals surface area contributed by atoms with E-state index in [1.807, 2.05) is 0 Å². The Bertz CT molecular complexity index is 486. The van der Waals surface area contributed by atoms with Crippen molar-refractivity contribution in [1.29, 1.82) is 0 Å². The molecule has 23 heavy (non-hydrogen) atoms. The first-order valence-electron chi connectivity index (χ1n) is 10.2. The van der Waals surface area contributed by atoms with Crippen molar-refractivity contribution in [2.75, 3.05) is 0 Å². The van der Waals surface area contributed by atoms with Gasteiger partial charge in [-0.25, -0.2) is 0 Å². The second kappa shape index (κ2) is 5.58. The summed E-state index contributed by atoms with van der Waals surface area (Å²) in [5.74, 6) is 4.46. The first-order valence-corrected chi connectivity index (χ1v) is 10.2. The van der Waals surface area contributed by atoms with E-state index in [4.69, 9.17) is 0 Å². The molecule has 0 radical (unpaired) electrons. The molecule has 0 heterocycles. The van der Waals surface area contributed by atoms with Crippen LogP contribution < -0.4 is 0 Å². The number of fused-ring (bicyclic) bond motifs is 5. The first-order chi connectivity index (χ1) is 11.0. The second-order valence-corrected chi connectivity index (χ2v) is 9.53. The zero-order chi connectivity index (χ0) is 16.2. The van der Waals surface area contributed by atoms with Crippen LogP contribution in [0.3, 0.4) is 0 Å². The van der Waals surface area contributed by atoms with E-state index in [1.165, 1.54) is 32.1 Å². The van der Waals surface area contributed by atoms with Crippen molar-refractivity contribution in [3.05, 3.63) is 0 Å². The van der Waals surface area contributed by atoms with Crippen LogP contribution in [0.25, 0.3) is 0 Å². The molecular formula is C21H34O2. The molecule has 0 aliphatic heterocycles. The molecule has 0 aromatic carbocycles. The third-order valence-corrected chi connectivity index (χ3v) is 8.71. The van der Waals surface area contributed by atoms with Crippen molar-refractivity contribution in [3.8, 4) is 0 Å². The molecule has 4 saturated carbocycles. The van der Waals surface area contributed by atoms with Crippen molar-refractivity contribution < 1.29 is 9.90 Å². The first kappa shape index (κ1) is 16.1. The Hall–Kier alpha value is -0.370. The third-order valence-electron chi connectivity index (χ3n) is 8.71. The summed E-state index contributed by atoms with van der Waals surface area (Å²) in [7, 11) is 0. The topological polar surface area (TPSA) is 37.3 Å². The summed E-state index contributed by atoms with van der Waals surface area (Å²) >= 11 is 0. The van der Waals surface area contributed by atoms with Crippen LogP contribution >= 0.6 is 0 Å². The molecule has 2 heteroatoms. The van der Waals surface area contributed by atoms with Crippen molar-refractivity contribution in [2.45, 2.75) is 90.1 Å². The average Bonchev–Trinajstić information content (AvgIpc) is 2.55. The summed E-state index contributed by atoms with van der Waals surface area (Å²) in [6.45, 7) is 4.43. The fraction of sp³-hybridized carbons (Fsp3) is 0.952. The molecule has 0 amide bonds. The van der Waals surface area contributed by atoms with Crippen LogP contribution in [0, 0.1) is 35.0 Å². The molecule has 1 N–H and O–H groups in total. The van der Waals surface area contributed by atoms with Crippen LogP contribution in [-0.2, 0) is 4.79 Å². The van der Waals surface area contributed by atoms with Gasteiger partial charge in [-0.2, -0.15) is 0 Å². The summed E-state index contributed by atoms with van der Waals surface area (Å²) < 4.78 is 0. The summed E-state index contributed by atoms with van der Waals surface area (Å²) in [4.78, 5) is 12.6. The number of hydrogen-bond acceptors (Lipinski definition) is 2. The summed E-state index contributed by atoms with van der Waals surface area (Å²) in [6.07, 6.45) is 12.5. The predicted molar refractivity (Wildman–Crippen MR) is 92.0 cm³/mol. The number of carbonyl (C=O) groups is 1. The van der Waals surface area contributed by atoms with Crippen LogP contribution in [0.5, 0.6) is 0 Å². The lowest BCUT2D eigenvalue weighted by atomic mass is 9.46. The third kappa shape index (κ3) is 2.42. The standard InChI is InChI=1S/C21H34O2/c1-3-21(23)12-10-15-14(13-21)7-8-17-16(15)9-11-20(2)18(17)5-4-6-19(20)22/h14-18,23H,3-13H2,1-2H3/t14-,15+,16-,17-,18+,20+,21-/m1/s1. The number of carbonyl (C=O) groups excluding carboxylic acids is 1. The molecule has 0 saturated heterocycles. The minimum atomic E-state index is -0.377. The minimum absolute atomic E-state index is 0.00504. The number of ketones is 1. The van der Waals surface area contributed by atoms with Gasteiger partial charge in [-0.05, 0) is 93.8 Å². The molecule has 4 rings (SSSR count). The maximum atomic E-state index is 12.6. The molecule has 2 nitrogen and oxygen atoms in total. The lowest BCUT2D eigenvalue weighted by Gasteiger charge is -2.58. The number of hydrogen-bond donors (Lipinski definition) is 1. The molecule has 4 aliphatic rings. The smallest absolute Gasteiger partial charge is 0.139 e. The molecule has 0 spiro atoms. The largest absolute Gasteiger partial charge is 0.390 e. The van der Waals surface area contributed by atoms with Crippen molar-refractivity contribution in [1.82, 2.24) is 0 Å². The molecule has 0 aromatic heterocycles.